The Kier molecular flexibility index (Phi) is 11.9. The van der Waals surface area contributed by atoms with Gasteiger partial charge in [0.05, 0.1) is 18.0 Å². The first-order valence-electron chi connectivity index (χ1n) is 14.9. The third-order valence-electron chi connectivity index (χ3n) is 7.39. The van der Waals surface area contributed by atoms with E-state index in [-0.39, 0.29) is 42.2 Å². The van der Waals surface area contributed by atoms with Crippen LogP contribution < -0.4 is 31.3 Å². The Morgan fingerprint density at radius 3 is 2.26 bits per heavy atom. The number of hydrogen-bond donors (Lipinski definition) is 5. The lowest BCUT2D eigenvalue weighted by Crippen LogP contribution is -2.58. The van der Waals surface area contributed by atoms with Crippen molar-refractivity contribution in [2.45, 2.75) is 78.0 Å². The average molecular weight is 601 g/mol. The van der Waals surface area contributed by atoms with Crippen molar-refractivity contribution in [2.75, 3.05) is 26.2 Å². The Morgan fingerprint density at radius 2 is 1.60 bits per heavy atom. The number of nitrogens with zero attached hydrogens (tertiary/aromatic N) is 1. The largest absolute Gasteiger partial charge is 0.491 e. The molecular formula is C30H44N6O7. The first-order valence-corrected chi connectivity index (χ1v) is 14.9. The maximum Gasteiger partial charge on any atom is 0.255 e. The van der Waals surface area contributed by atoms with E-state index in [0.29, 0.717) is 19.5 Å². The van der Waals surface area contributed by atoms with Gasteiger partial charge in [0.15, 0.2) is 0 Å². The number of carbonyl (C=O) groups is 6. The maximum atomic E-state index is 13.4. The number of rotatable bonds is 6. The van der Waals surface area contributed by atoms with Crippen molar-refractivity contribution in [3.63, 3.8) is 0 Å². The molecule has 1 aromatic rings. The molecule has 2 aliphatic rings. The number of fused-ring (bicyclic) bond motifs is 1. The molecule has 236 valence electrons. The normalized spacial score (nSPS) is 24.3. The summed E-state index contributed by atoms with van der Waals surface area (Å²) in [6.45, 7) is 9.93. The molecule has 2 heterocycles. The molecule has 1 saturated heterocycles. The summed E-state index contributed by atoms with van der Waals surface area (Å²) in [5.74, 6) is -3.20. The van der Waals surface area contributed by atoms with Gasteiger partial charge >= 0.3 is 0 Å². The van der Waals surface area contributed by atoms with Gasteiger partial charge in [0, 0.05) is 26.1 Å². The number of ether oxygens (including phenoxy) is 1. The van der Waals surface area contributed by atoms with Crippen LogP contribution >= 0.6 is 0 Å². The lowest BCUT2D eigenvalue weighted by molar-refractivity contribution is -0.134. The molecule has 4 atom stereocenters. The van der Waals surface area contributed by atoms with Crippen LogP contribution in [0.1, 0.15) is 64.2 Å². The molecular weight excluding hydrogens is 556 g/mol. The minimum absolute atomic E-state index is 0.0166. The molecule has 0 aliphatic carbocycles. The lowest BCUT2D eigenvalue weighted by Gasteiger charge is -2.28. The molecule has 6 amide bonds. The van der Waals surface area contributed by atoms with E-state index >= 15 is 0 Å². The van der Waals surface area contributed by atoms with Gasteiger partial charge in [-0.25, -0.2) is 0 Å². The Hall–Kier alpha value is -4.16. The third kappa shape index (κ3) is 9.42. The summed E-state index contributed by atoms with van der Waals surface area (Å²) >= 11 is 0. The summed E-state index contributed by atoms with van der Waals surface area (Å²) in [6, 6.07) is 2.82. The topological polar surface area (TPSA) is 175 Å². The fourth-order valence-electron chi connectivity index (χ4n) is 4.92. The Labute approximate surface area is 252 Å². The number of hydrogen-bond acceptors (Lipinski definition) is 7. The maximum absolute atomic E-state index is 13.4. The minimum atomic E-state index is -1.29. The summed E-state index contributed by atoms with van der Waals surface area (Å²) in [4.78, 5) is 79.8. The van der Waals surface area contributed by atoms with E-state index in [9.17, 15) is 28.8 Å². The van der Waals surface area contributed by atoms with Crippen LogP contribution in [0.4, 0.5) is 0 Å². The van der Waals surface area contributed by atoms with Gasteiger partial charge in [-0.15, -0.1) is 0 Å². The fourth-order valence-corrected chi connectivity index (χ4v) is 4.92. The van der Waals surface area contributed by atoms with Crippen LogP contribution in [0.3, 0.4) is 0 Å². The first-order chi connectivity index (χ1) is 20.4. The monoisotopic (exact) mass is 600 g/mol. The van der Waals surface area contributed by atoms with Crippen LogP contribution in [-0.2, 0) is 24.0 Å². The Morgan fingerprint density at radius 1 is 0.953 bits per heavy atom. The van der Waals surface area contributed by atoms with Gasteiger partial charge in [-0.1, -0.05) is 39.8 Å². The molecule has 13 heteroatoms. The van der Waals surface area contributed by atoms with E-state index in [1.165, 1.54) is 6.07 Å². The number of likely N-dealkylation sites (tertiary alicyclic amines) is 1. The van der Waals surface area contributed by atoms with Crippen molar-refractivity contribution in [2.24, 2.45) is 11.8 Å². The summed E-state index contributed by atoms with van der Waals surface area (Å²) in [5.41, 5.74) is 0.142. The summed E-state index contributed by atoms with van der Waals surface area (Å²) in [6.07, 6.45) is 0.781. The van der Waals surface area contributed by atoms with Crippen molar-refractivity contribution >= 4 is 35.4 Å². The van der Waals surface area contributed by atoms with E-state index < -0.39 is 60.1 Å². The van der Waals surface area contributed by atoms with Gasteiger partial charge in [0.1, 0.15) is 30.5 Å². The van der Waals surface area contributed by atoms with Crippen molar-refractivity contribution < 1.29 is 33.5 Å². The highest BCUT2D eigenvalue weighted by atomic mass is 16.5. The number of amides is 6. The zero-order valence-corrected chi connectivity index (χ0v) is 25.5. The Bertz CT molecular complexity index is 1200. The van der Waals surface area contributed by atoms with E-state index in [0.717, 1.165) is 6.42 Å². The molecule has 1 aromatic carbocycles. The van der Waals surface area contributed by atoms with Gasteiger partial charge in [0.2, 0.25) is 29.5 Å². The summed E-state index contributed by atoms with van der Waals surface area (Å²) in [5, 5.41) is 13.6. The summed E-state index contributed by atoms with van der Waals surface area (Å²) in [7, 11) is 0. The predicted molar refractivity (Wildman–Crippen MR) is 158 cm³/mol. The zero-order chi connectivity index (χ0) is 31.7. The Balaban J connectivity index is 1.88. The lowest BCUT2D eigenvalue weighted by atomic mass is 9.99. The van der Waals surface area contributed by atoms with E-state index in [2.05, 4.69) is 26.6 Å². The number of carbonyl (C=O) groups excluding carboxylic acids is 6. The standard InChI is InChI=1S/C30H44N6O7/c1-17(2)25-30(42)35-26(18(3)4)29(41)32-19(5)16-43-22-10-7-6-9-20(22)27(39)33-21(15-23(37)34-25)28(40)31-12-14-36-13-8-11-24(36)38/h6-7,9-10,17-19,21,25-26H,8,11-16H2,1-5H3,(H,31,40)(H,32,41)(H,33,39)(H,34,37)(H,35,42)/t19-,21-,25-,26+/m0/s1. The second-order valence-corrected chi connectivity index (χ2v) is 11.7. The zero-order valence-electron chi connectivity index (χ0n) is 25.5. The second-order valence-electron chi connectivity index (χ2n) is 11.7. The molecule has 0 spiro atoms. The van der Waals surface area contributed by atoms with E-state index in [4.69, 9.17) is 4.74 Å². The van der Waals surface area contributed by atoms with E-state index in [1.807, 2.05) is 0 Å². The molecule has 13 nitrogen and oxygen atoms in total. The number of nitrogens with one attached hydrogen (secondary N) is 5. The van der Waals surface area contributed by atoms with Crippen molar-refractivity contribution in [1.82, 2.24) is 31.5 Å². The predicted octanol–water partition coefficient (Wildman–Crippen LogP) is 0.0924. The smallest absolute Gasteiger partial charge is 0.255 e. The van der Waals surface area contributed by atoms with Gasteiger partial charge in [-0.05, 0) is 37.3 Å². The molecule has 0 bridgehead atoms. The molecule has 5 N–H and O–H groups in total. The highest BCUT2D eigenvalue weighted by Gasteiger charge is 2.33. The summed E-state index contributed by atoms with van der Waals surface area (Å²) < 4.78 is 5.88. The molecule has 0 saturated carbocycles. The third-order valence-corrected chi connectivity index (χ3v) is 7.39. The minimum Gasteiger partial charge on any atom is -0.491 e. The SMILES string of the molecule is CC(C)[C@@H]1NC(=O)C[C@@H](C(=O)NCCN2CCCC2=O)NC(=O)c2ccccc2OC[C@H](C)NC(=O)[C@@H](C(C)C)NC1=O. The van der Waals surface area contributed by atoms with Gasteiger partial charge in [-0.3, -0.25) is 28.8 Å². The van der Waals surface area contributed by atoms with Crippen LogP contribution in [0.2, 0.25) is 0 Å². The van der Waals surface area contributed by atoms with Crippen LogP contribution in [0.15, 0.2) is 24.3 Å². The average Bonchev–Trinajstić information content (AvgIpc) is 3.36. The first kappa shape index (κ1) is 33.3. The van der Waals surface area contributed by atoms with Crippen molar-refractivity contribution in [1.29, 1.82) is 0 Å². The quantitative estimate of drug-likeness (QED) is 0.308. The van der Waals surface area contributed by atoms with Crippen LogP contribution in [-0.4, -0.2) is 90.8 Å². The highest BCUT2D eigenvalue weighted by molar-refractivity contribution is 6.01. The number of para-hydroxylation sites is 1. The molecule has 2 aliphatic heterocycles. The highest BCUT2D eigenvalue weighted by Crippen LogP contribution is 2.19. The van der Waals surface area contributed by atoms with Gasteiger partial charge in [-0.2, -0.15) is 0 Å². The molecule has 0 unspecified atom stereocenters. The number of benzene rings is 1. The van der Waals surface area contributed by atoms with Crippen molar-refractivity contribution in [3.05, 3.63) is 29.8 Å². The van der Waals surface area contributed by atoms with Crippen molar-refractivity contribution in [3.8, 4) is 5.75 Å². The second kappa shape index (κ2) is 15.4. The van der Waals surface area contributed by atoms with Crippen LogP contribution in [0, 0.1) is 11.8 Å². The van der Waals surface area contributed by atoms with Crippen LogP contribution in [0.25, 0.3) is 0 Å². The fraction of sp³-hybridized carbons (Fsp3) is 0.600. The van der Waals surface area contributed by atoms with E-state index in [1.54, 1.807) is 57.7 Å². The van der Waals surface area contributed by atoms with Gasteiger partial charge < -0.3 is 36.2 Å². The molecule has 0 radical (unpaired) electrons. The molecule has 43 heavy (non-hydrogen) atoms. The molecule has 0 aromatic heterocycles. The van der Waals surface area contributed by atoms with Gasteiger partial charge in [0.25, 0.3) is 5.91 Å². The molecule has 1 fully saturated rings. The molecule has 3 rings (SSSR count). The van der Waals surface area contributed by atoms with Crippen LogP contribution in [0.5, 0.6) is 5.75 Å².